The van der Waals surface area contributed by atoms with Gasteiger partial charge in [-0.3, -0.25) is 4.79 Å². The largest absolute Gasteiger partial charge is 0.393 e. The molecule has 4 aliphatic rings. The van der Waals surface area contributed by atoms with Crippen molar-refractivity contribution in [3.05, 3.63) is 0 Å². The van der Waals surface area contributed by atoms with Gasteiger partial charge in [0.25, 0.3) is 0 Å². The lowest BCUT2D eigenvalue weighted by Crippen LogP contribution is -2.58. The van der Waals surface area contributed by atoms with Gasteiger partial charge in [-0.2, -0.15) is 0 Å². The lowest BCUT2D eigenvalue weighted by Gasteiger charge is -2.62. The summed E-state index contributed by atoms with van der Waals surface area (Å²) in [6.07, 6.45) is 10.1. The molecule has 4 rings (SSSR count). The smallest absolute Gasteiger partial charge is 0.219 e. The minimum absolute atomic E-state index is 0.165. The average Bonchev–Trinajstić information content (AvgIpc) is 3.05. The van der Waals surface area contributed by atoms with E-state index in [4.69, 9.17) is 0 Å². The molecule has 0 aromatic heterocycles. The molecule has 172 valence electrons. The highest BCUT2D eigenvalue weighted by Crippen LogP contribution is 2.68. The number of hydrogen-bond donors (Lipinski definition) is 3. The molecule has 0 heterocycles. The Bertz CT molecular complexity index is 638. The van der Waals surface area contributed by atoms with Crippen LogP contribution in [-0.2, 0) is 4.79 Å². The number of fused-ring (bicyclic) bond motifs is 5. The molecule has 0 bridgehead atoms. The van der Waals surface area contributed by atoms with E-state index in [-0.39, 0.29) is 18.1 Å². The summed E-state index contributed by atoms with van der Waals surface area (Å²) in [6, 6.07) is 0. The second-order valence-corrected chi connectivity index (χ2v) is 11.9. The van der Waals surface area contributed by atoms with Crippen LogP contribution in [0.3, 0.4) is 0 Å². The Morgan fingerprint density at radius 1 is 1.03 bits per heavy atom. The van der Waals surface area contributed by atoms with Gasteiger partial charge < -0.3 is 15.5 Å². The monoisotopic (exact) mass is 419 g/mol. The van der Waals surface area contributed by atoms with Crippen molar-refractivity contribution in [1.82, 2.24) is 5.32 Å². The second kappa shape index (κ2) is 8.39. The fourth-order valence-corrected chi connectivity index (χ4v) is 9.02. The van der Waals surface area contributed by atoms with Gasteiger partial charge >= 0.3 is 0 Å². The number of rotatable bonds is 5. The van der Waals surface area contributed by atoms with Crippen LogP contribution < -0.4 is 5.32 Å². The number of carbonyl (C=O) groups excluding carboxylic acids is 1. The maximum Gasteiger partial charge on any atom is 0.219 e. The first-order valence-electron chi connectivity index (χ1n) is 12.8. The first kappa shape index (κ1) is 22.6. The third-order valence-corrected chi connectivity index (χ3v) is 10.6. The van der Waals surface area contributed by atoms with Crippen molar-refractivity contribution in [2.75, 3.05) is 6.54 Å². The normalized spacial score (nSPS) is 48.9. The first-order chi connectivity index (χ1) is 14.2. The van der Waals surface area contributed by atoms with Crippen molar-refractivity contribution >= 4 is 5.91 Å². The van der Waals surface area contributed by atoms with Crippen LogP contribution in [-0.4, -0.2) is 34.9 Å². The van der Waals surface area contributed by atoms with Crippen molar-refractivity contribution in [1.29, 1.82) is 0 Å². The van der Waals surface area contributed by atoms with Crippen LogP contribution in [0.2, 0.25) is 0 Å². The van der Waals surface area contributed by atoms with Gasteiger partial charge in [-0.05, 0) is 111 Å². The molecule has 0 spiro atoms. The summed E-state index contributed by atoms with van der Waals surface area (Å²) < 4.78 is 0. The third kappa shape index (κ3) is 3.64. The fraction of sp³-hybridized carbons (Fsp3) is 0.962. The number of aliphatic hydroxyl groups excluding tert-OH is 2. The highest BCUT2D eigenvalue weighted by molar-refractivity contribution is 5.75. The van der Waals surface area contributed by atoms with Crippen LogP contribution in [0, 0.1) is 46.3 Å². The molecular formula is C26H45NO3. The molecule has 1 amide bonds. The topological polar surface area (TPSA) is 69.6 Å². The van der Waals surface area contributed by atoms with Gasteiger partial charge in [-0.15, -0.1) is 0 Å². The number of aliphatic hydroxyl groups is 2. The molecule has 4 nitrogen and oxygen atoms in total. The summed E-state index contributed by atoms with van der Waals surface area (Å²) in [6.45, 7) is 10.1. The van der Waals surface area contributed by atoms with E-state index in [0.29, 0.717) is 59.3 Å². The standard InChI is InChI=1S/C26H45NO3/c1-5-27-23(30)9-6-16(2)19-7-8-20-24-21(11-13-26(19,20)4)25(3)12-10-18(28)14-17(25)15-22(24)29/h16-22,24,28-29H,5-15H2,1-4H3,(H,27,30)/t16-,17-,18+,19?,20?,21?,22+,24?,25-,26+/m0/s1. The Hall–Kier alpha value is -0.610. The van der Waals surface area contributed by atoms with Crippen LogP contribution in [0.1, 0.15) is 91.9 Å². The Balaban J connectivity index is 1.49. The lowest BCUT2D eigenvalue weighted by atomic mass is 9.43. The minimum Gasteiger partial charge on any atom is -0.393 e. The Kier molecular flexibility index (Phi) is 6.31. The zero-order valence-corrected chi connectivity index (χ0v) is 19.7. The molecule has 30 heavy (non-hydrogen) atoms. The first-order valence-corrected chi connectivity index (χ1v) is 12.8. The number of hydrogen-bond acceptors (Lipinski definition) is 3. The molecule has 4 aliphatic carbocycles. The quantitative estimate of drug-likeness (QED) is 0.613. The van der Waals surface area contributed by atoms with Gasteiger partial charge in [0.1, 0.15) is 0 Å². The van der Waals surface area contributed by atoms with Gasteiger partial charge in [0.05, 0.1) is 12.2 Å². The fourth-order valence-electron chi connectivity index (χ4n) is 9.02. The minimum atomic E-state index is -0.201. The lowest BCUT2D eigenvalue weighted by molar-refractivity contribution is -0.174. The van der Waals surface area contributed by atoms with Crippen molar-refractivity contribution in [2.45, 2.75) is 104 Å². The van der Waals surface area contributed by atoms with Crippen molar-refractivity contribution < 1.29 is 15.0 Å². The zero-order chi connectivity index (χ0) is 21.7. The van der Waals surface area contributed by atoms with Crippen LogP contribution in [0.15, 0.2) is 0 Å². The highest BCUT2D eigenvalue weighted by Gasteiger charge is 2.62. The molecule has 4 unspecified atom stereocenters. The number of nitrogens with one attached hydrogen (secondary N) is 1. The summed E-state index contributed by atoms with van der Waals surface area (Å²) in [5, 5.41) is 24.5. The van der Waals surface area contributed by atoms with Gasteiger partial charge in [0, 0.05) is 13.0 Å². The van der Waals surface area contributed by atoms with Crippen molar-refractivity contribution in [2.24, 2.45) is 46.3 Å². The molecule has 4 saturated carbocycles. The van der Waals surface area contributed by atoms with E-state index in [1.807, 2.05) is 6.92 Å². The molecule has 0 aromatic rings. The maximum absolute atomic E-state index is 12.0. The molecule has 3 N–H and O–H groups in total. The molecule has 0 radical (unpaired) electrons. The van der Waals surface area contributed by atoms with Gasteiger partial charge in [0.15, 0.2) is 0 Å². The van der Waals surface area contributed by atoms with E-state index in [0.717, 1.165) is 32.1 Å². The van der Waals surface area contributed by atoms with E-state index in [1.165, 1.54) is 25.7 Å². The SMILES string of the molecule is CCNC(=O)CC[C@H](C)C1CCC2C3C(CC[C@@]21C)[C@@]1(C)CC[C@@H](O)C[C@H]1C[C@H]3O. The van der Waals surface area contributed by atoms with Crippen molar-refractivity contribution in [3.63, 3.8) is 0 Å². The molecule has 0 saturated heterocycles. The summed E-state index contributed by atoms with van der Waals surface area (Å²) >= 11 is 0. The maximum atomic E-state index is 12.0. The van der Waals surface area contributed by atoms with Gasteiger partial charge in [0.2, 0.25) is 5.91 Å². The Labute approximate surface area is 183 Å². The van der Waals surface area contributed by atoms with Crippen LogP contribution in [0.4, 0.5) is 0 Å². The summed E-state index contributed by atoms with van der Waals surface area (Å²) in [4.78, 5) is 12.0. The van der Waals surface area contributed by atoms with Crippen LogP contribution in [0.5, 0.6) is 0 Å². The number of carbonyl (C=O) groups is 1. The molecule has 0 aromatic carbocycles. The summed E-state index contributed by atoms with van der Waals surface area (Å²) in [5.41, 5.74) is 0.604. The van der Waals surface area contributed by atoms with E-state index in [1.54, 1.807) is 0 Å². The predicted octanol–water partition coefficient (Wildman–Crippen LogP) is 4.53. The molecule has 0 aliphatic heterocycles. The second-order valence-electron chi connectivity index (χ2n) is 11.9. The zero-order valence-electron chi connectivity index (χ0n) is 19.7. The van der Waals surface area contributed by atoms with Crippen molar-refractivity contribution in [3.8, 4) is 0 Å². The van der Waals surface area contributed by atoms with Crippen LogP contribution >= 0.6 is 0 Å². The van der Waals surface area contributed by atoms with E-state index < -0.39 is 0 Å². The summed E-state index contributed by atoms with van der Waals surface area (Å²) in [5.74, 6) is 3.57. The van der Waals surface area contributed by atoms with E-state index in [9.17, 15) is 15.0 Å². The molecule has 4 heteroatoms. The molecule has 10 atom stereocenters. The van der Waals surface area contributed by atoms with E-state index in [2.05, 4.69) is 26.1 Å². The average molecular weight is 420 g/mol. The third-order valence-electron chi connectivity index (χ3n) is 10.6. The molecular weight excluding hydrogens is 374 g/mol. The number of amides is 1. The van der Waals surface area contributed by atoms with E-state index >= 15 is 0 Å². The summed E-state index contributed by atoms with van der Waals surface area (Å²) in [7, 11) is 0. The Morgan fingerprint density at radius 3 is 2.47 bits per heavy atom. The van der Waals surface area contributed by atoms with Gasteiger partial charge in [-0.1, -0.05) is 20.8 Å². The molecule has 4 fully saturated rings. The van der Waals surface area contributed by atoms with Crippen LogP contribution in [0.25, 0.3) is 0 Å². The highest BCUT2D eigenvalue weighted by atomic mass is 16.3. The Morgan fingerprint density at radius 2 is 1.73 bits per heavy atom. The predicted molar refractivity (Wildman–Crippen MR) is 120 cm³/mol. The van der Waals surface area contributed by atoms with Gasteiger partial charge in [-0.25, -0.2) is 0 Å².